The van der Waals surface area contributed by atoms with Crippen molar-refractivity contribution in [2.24, 2.45) is 5.92 Å². The van der Waals surface area contributed by atoms with Crippen LogP contribution in [0.25, 0.3) is 0 Å². The molecule has 110 valence electrons. The topological polar surface area (TPSA) is 49.8 Å². The Balaban J connectivity index is 2.10. The maximum absolute atomic E-state index is 11.3. The molecule has 1 aliphatic heterocycles. The van der Waals surface area contributed by atoms with E-state index in [4.69, 9.17) is 4.74 Å². The molecule has 1 saturated heterocycles. The van der Waals surface area contributed by atoms with Gasteiger partial charge in [-0.1, -0.05) is 36.8 Å². The molecular weight excluding hydrogens is 254 g/mol. The minimum Gasteiger partial charge on any atom is -0.481 e. The van der Waals surface area contributed by atoms with Crippen molar-refractivity contribution in [1.29, 1.82) is 0 Å². The van der Waals surface area contributed by atoms with Gasteiger partial charge in [0.25, 0.3) is 0 Å². The first-order chi connectivity index (χ1) is 9.61. The second-order valence-electron chi connectivity index (χ2n) is 5.51. The predicted octanol–water partition coefficient (Wildman–Crippen LogP) is 2.31. The van der Waals surface area contributed by atoms with E-state index in [9.17, 15) is 9.90 Å². The second kappa shape index (κ2) is 6.86. The van der Waals surface area contributed by atoms with E-state index in [0.29, 0.717) is 13.2 Å². The normalized spacial score (nSPS) is 22.4. The Morgan fingerprint density at radius 2 is 2.05 bits per heavy atom. The molecule has 2 rings (SSSR count). The van der Waals surface area contributed by atoms with Crippen molar-refractivity contribution < 1.29 is 14.6 Å². The third-order valence-electron chi connectivity index (χ3n) is 3.85. The Labute approximate surface area is 120 Å². The molecule has 1 heterocycles. The molecule has 0 aromatic heterocycles. The maximum atomic E-state index is 11.3. The Morgan fingerprint density at radius 3 is 2.65 bits per heavy atom. The van der Waals surface area contributed by atoms with Gasteiger partial charge in [0, 0.05) is 12.6 Å². The summed E-state index contributed by atoms with van der Waals surface area (Å²) in [5, 5.41) is 9.30. The molecule has 0 spiro atoms. The zero-order chi connectivity index (χ0) is 14.5. The van der Waals surface area contributed by atoms with Crippen LogP contribution < -0.4 is 0 Å². The lowest BCUT2D eigenvalue weighted by Gasteiger charge is -2.30. The Hall–Kier alpha value is -1.39. The van der Waals surface area contributed by atoms with E-state index >= 15 is 0 Å². The fraction of sp³-hybridized carbons (Fsp3) is 0.562. The molecule has 20 heavy (non-hydrogen) atoms. The van der Waals surface area contributed by atoms with Crippen LogP contribution in [0.15, 0.2) is 24.3 Å². The first kappa shape index (κ1) is 15.0. The average Bonchev–Trinajstić information content (AvgIpc) is 2.90. The Bertz CT molecular complexity index is 444. The molecule has 4 nitrogen and oxygen atoms in total. The van der Waals surface area contributed by atoms with Gasteiger partial charge < -0.3 is 9.84 Å². The number of aliphatic carboxylic acids is 1. The second-order valence-corrected chi connectivity index (χ2v) is 5.51. The smallest absolute Gasteiger partial charge is 0.310 e. The van der Waals surface area contributed by atoms with E-state index in [2.05, 4.69) is 43.0 Å². The van der Waals surface area contributed by atoms with Crippen molar-refractivity contribution in [3.05, 3.63) is 35.4 Å². The largest absolute Gasteiger partial charge is 0.481 e. The average molecular weight is 277 g/mol. The third-order valence-corrected chi connectivity index (χ3v) is 3.85. The van der Waals surface area contributed by atoms with Crippen LogP contribution in [-0.2, 0) is 16.1 Å². The molecule has 0 radical (unpaired) electrons. The van der Waals surface area contributed by atoms with Gasteiger partial charge in [0.1, 0.15) is 0 Å². The summed E-state index contributed by atoms with van der Waals surface area (Å²) in [4.78, 5) is 13.6. The zero-order valence-electron chi connectivity index (χ0n) is 12.2. The fourth-order valence-electron chi connectivity index (χ4n) is 2.72. The summed E-state index contributed by atoms with van der Waals surface area (Å²) < 4.78 is 5.39. The molecule has 0 saturated carbocycles. The van der Waals surface area contributed by atoms with Gasteiger partial charge in [0.15, 0.2) is 0 Å². The standard InChI is InChI=1S/C16H23NO3/c1-3-8-17(9-13-6-4-12(2)5-7-13)15-11-20-10-14(15)16(18)19/h4-7,14-15H,3,8-11H2,1-2H3,(H,18,19). The molecule has 1 fully saturated rings. The summed E-state index contributed by atoms with van der Waals surface area (Å²) >= 11 is 0. The van der Waals surface area contributed by atoms with Crippen LogP contribution in [0.5, 0.6) is 0 Å². The number of hydrogen-bond acceptors (Lipinski definition) is 3. The SMILES string of the molecule is CCCN(Cc1ccc(C)cc1)C1COCC1C(=O)O. The molecule has 4 heteroatoms. The van der Waals surface area contributed by atoms with Crippen molar-refractivity contribution in [3.8, 4) is 0 Å². The summed E-state index contributed by atoms with van der Waals surface area (Å²) in [5.74, 6) is -1.16. The van der Waals surface area contributed by atoms with E-state index in [0.717, 1.165) is 19.5 Å². The highest BCUT2D eigenvalue weighted by Crippen LogP contribution is 2.22. The maximum Gasteiger partial charge on any atom is 0.310 e. The molecule has 1 N–H and O–H groups in total. The monoisotopic (exact) mass is 277 g/mol. The van der Waals surface area contributed by atoms with E-state index in [-0.39, 0.29) is 6.04 Å². The fourth-order valence-corrected chi connectivity index (χ4v) is 2.72. The Kier molecular flexibility index (Phi) is 5.15. The molecule has 0 aliphatic carbocycles. The molecule has 0 bridgehead atoms. The van der Waals surface area contributed by atoms with Crippen molar-refractivity contribution in [1.82, 2.24) is 4.90 Å². The minimum absolute atomic E-state index is 0.0197. The van der Waals surface area contributed by atoms with Gasteiger partial charge in [-0.3, -0.25) is 9.69 Å². The first-order valence-corrected chi connectivity index (χ1v) is 7.22. The van der Waals surface area contributed by atoms with Crippen LogP contribution in [0.3, 0.4) is 0 Å². The number of carboxylic acid groups (broad SMARTS) is 1. The summed E-state index contributed by atoms with van der Waals surface area (Å²) in [6, 6.07) is 8.40. The van der Waals surface area contributed by atoms with Crippen LogP contribution >= 0.6 is 0 Å². The molecule has 2 atom stereocenters. The Morgan fingerprint density at radius 1 is 1.35 bits per heavy atom. The number of nitrogens with zero attached hydrogens (tertiary/aromatic N) is 1. The van der Waals surface area contributed by atoms with E-state index in [1.807, 2.05) is 0 Å². The van der Waals surface area contributed by atoms with Gasteiger partial charge >= 0.3 is 5.97 Å². The van der Waals surface area contributed by atoms with Crippen molar-refractivity contribution >= 4 is 5.97 Å². The summed E-state index contributed by atoms with van der Waals surface area (Å²) in [5.41, 5.74) is 2.46. The van der Waals surface area contributed by atoms with Gasteiger partial charge in [-0.05, 0) is 25.5 Å². The number of hydrogen-bond donors (Lipinski definition) is 1. The lowest BCUT2D eigenvalue weighted by atomic mass is 10.0. The number of benzene rings is 1. The van der Waals surface area contributed by atoms with Crippen LogP contribution in [-0.4, -0.2) is 41.8 Å². The molecular formula is C16H23NO3. The summed E-state index contributed by atoms with van der Waals surface area (Å²) in [7, 11) is 0. The number of rotatable bonds is 6. The zero-order valence-corrected chi connectivity index (χ0v) is 12.2. The van der Waals surface area contributed by atoms with Crippen molar-refractivity contribution in [3.63, 3.8) is 0 Å². The lowest BCUT2D eigenvalue weighted by molar-refractivity contribution is -0.143. The highest BCUT2D eigenvalue weighted by atomic mass is 16.5. The number of carbonyl (C=O) groups is 1. The van der Waals surface area contributed by atoms with Gasteiger partial charge in [-0.2, -0.15) is 0 Å². The van der Waals surface area contributed by atoms with Gasteiger partial charge in [-0.25, -0.2) is 0 Å². The number of ether oxygens (including phenoxy) is 1. The lowest BCUT2D eigenvalue weighted by Crippen LogP contribution is -2.43. The highest BCUT2D eigenvalue weighted by Gasteiger charge is 2.37. The summed E-state index contributed by atoms with van der Waals surface area (Å²) in [6.07, 6.45) is 1.01. The summed E-state index contributed by atoms with van der Waals surface area (Å²) in [6.45, 7) is 6.71. The van der Waals surface area contributed by atoms with Crippen LogP contribution in [0.2, 0.25) is 0 Å². The van der Waals surface area contributed by atoms with E-state index in [1.165, 1.54) is 11.1 Å². The molecule has 1 aromatic rings. The first-order valence-electron chi connectivity index (χ1n) is 7.22. The van der Waals surface area contributed by atoms with Gasteiger partial charge in [0.05, 0.1) is 19.1 Å². The highest BCUT2D eigenvalue weighted by molar-refractivity contribution is 5.71. The van der Waals surface area contributed by atoms with Crippen molar-refractivity contribution in [2.45, 2.75) is 32.9 Å². The quantitative estimate of drug-likeness (QED) is 0.867. The molecule has 0 amide bonds. The molecule has 2 unspecified atom stereocenters. The van der Waals surface area contributed by atoms with Crippen LogP contribution in [0.1, 0.15) is 24.5 Å². The van der Waals surface area contributed by atoms with Gasteiger partial charge in [0.2, 0.25) is 0 Å². The number of carboxylic acids is 1. The van der Waals surface area contributed by atoms with Crippen LogP contribution in [0.4, 0.5) is 0 Å². The van der Waals surface area contributed by atoms with E-state index in [1.54, 1.807) is 0 Å². The van der Waals surface area contributed by atoms with E-state index < -0.39 is 11.9 Å². The molecule has 1 aliphatic rings. The van der Waals surface area contributed by atoms with Crippen LogP contribution in [0, 0.1) is 12.8 Å². The molecule has 1 aromatic carbocycles. The number of aryl methyl sites for hydroxylation is 1. The predicted molar refractivity (Wildman–Crippen MR) is 77.6 cm³/mol. The van der Waals surface area contributed by atoms with Crippen molar-refractivity contribution in [2.75, 3.05) is 19.8 Å². The van der Waals surface area contributed by atoms with Gasteiger partial charge in [-0.15, -0.1) is 0 Å². The third kappa shape index (κ3) is 3.58. The minimum atomic E-state index is -0.752.